The molecule has 1 atom stereocenters. The third-order valence-corrected chi connectivity index (χ3v) is 5.74. The second-order valence-corrected chi connectivity index (χ2v) is 8.23. The van der Waals surface area contributed by atoms with Gasteiger partial charge >= 0.3 is 0 Å². The van der Waals surface area contributed by atoms with Crippen LogP contribution >= 0.6 is 11.3 Å². The molecule has 1 aromatic carbocycles. The molecule has 0 bridgehead atoms. The molecule has 154 valence electrons. The average molecular weight is 416 g/mol. The summed E-state index contributed by atoms with van der Waals surface area (Å²) in [6.45, 7) is 3.82. The highest BCUT2D eigenvalue weighted by Gasteiger charge is 2.43. The summed E-state index contributed by atoms with van der Waals surface area (Å²) in [4.78, 5) is 29.4. The number of nitrogens with one attached hydrogen (secondary N) is 1. The van der Waals surface area contributed by atoms with Gasteiger partial charge in [0.2, 0.25) is 5.78 Å². The number of nitrogens with zero attached hydrogens (tertiary/aromatic N) is 1. The molecule has 1 aromatic heterocycles. The number of carbonyl (C=O) groups is 2. The van der Waals surface area contributed by atoms with Crippen LogP contribution in [0.3, 0.4) is 0 Å². The number of benzene rings is 1. The Kier molecular flexibility index (Phi) is 6.71. The number of aliphatic hydroxyl groups is 1. The van der Waals surface area contributed by atoms with Crippen molar-refractivity contribution in [3.8, 4) is 5.75 Å². The topological polar surface area (TPSA) is 71.3 Å². The van der Waals surface area contributed by atoms with Gasteiger partial charge in [-0.05, 0) is 36.1 Å². The van der Waals surface area contributed by atoms with Crippen molar-refractivity contribution in [3.05, 3.63) is 63.6 Å². The number of quaternary nitrogens is 1. The van der Waals surface area contributed by atoms with E-state index in [0.717, 1.165) is 24.3 Å². The molecule has 6 nitrogen and oxygen atoms in total. The number of rotatable bonds is 9. The van der Waals surface area contributed by atoms with Crippen molar-refractivity contribution in [2.75, 3.05) is 33.8 Å². The van der Waals surface area contributed by atoms with E-state index < -0.39 is 17.7 Å². The zero-order valence-electron chi connectivity index (χ0n) is 17.0. The first kappa shape index (κ1) is 21.1. The molecule has 1 amide bonds. The van der Waals surface area contributed by atoms with Crippen LogP contribution in [-0.4, -0.2) is 55.5 Å². The third kappa shape index (κ3) is 4.52. The van der Waals surface area contributed by atoms with E-state index in [0.29, 0.717) is 18.0 Å². The summed E-state index contributed by atoms with van der Waals surface area (Å²) in [6.07, 6.45) is 0.773. The zero-order chi connectivity index (χ0) is 21.0. The van der Waals surface area contributed by atoms with Crippen LogP contribution in [-0.2, 0) is 4.79 Å². The molecule has 2 heterocycles. The van der Waals surface area contributed by atoms with Crippen LogP contribution in [0.15, 0.2) is 53.1 Å². The second-order valence-electron chi connectivity index (χ2n) is 7.28. The lowest BCUT2D eigenvalue weighted by Gasteiger charge is -2.27. The summed E-state index contributed by atoms with van der Waals surface area (Å²) in [7, 11) is 4.11. The number of carbonyl (C=O) groups excluding carboxylic acids is 2. The number of amides is 1. The Morgan fingerprint density at radius 1 is 1.24 bits per heavy atom. The number of thiophene rings is 1. The second kappa shape index (κ2) is 9.24. The van der Waals surface area contributed by atoms with Gasteiger partial charge in [-0.25, -0.2) is 0 Å². The molecule has 29 heavy (non-hydrogen) atoms. The normalized spacial score (nSPS) is 16.8. The number of ketones is 1. The molecule has 3 rings (SSSR count). The summed E-state index contributed by atoms with van der Waals surface area (Å²) in [5.41, 5.74) is 0.932. The molecule has 1 aliphatic heterocycles. The van der Waals surface area contributed by atoms with E-state index in [4.69, 9.17) is 4.74 Å². The Hall–Kier alpha value is -2.64. The molecular weight excluding hydrogens is 388 g/mol. The lowest BCUT2D eigenvalue weighted by Crippen LogP contribution is -3.05. The van der Waals surface area contributed by atoms with Crippen molar-refractivity contribution in [1.82, 2.24) is 4.90 Å². The smallest absolute Gasteiger partial charge is 0.290 e. The summed E-state index contributed by atoms with van der Waals surface area (Å²) in [5, 5.41) is 12.4. The lowest BCUT2D eigenvalue weighted by atomic mass is 9.95. The monoisotopic (exact) mass is 415 g/mol. The fraction of sp³-hybridized carbons (Fsp3) is 0.364. The predicted octanol–water partition coefficient (Wildman–Crippen LogP) is 2.26. The summed E-state index contributed by atoms with van der Waals surface area (Å²) < 4.78 is 5.51. The van der Waals surface area contributed by atoms with Crippen LogP contribution < -0.4 is 9.64 Å². The Bertz CT molecular complexity index is 888. The van der Waals surface area contributed by atoms with Crippen LogP contribution in [0.4, 0.5) is 0 Å². The van der Waals surface area contributed by atoms with Crippen molar-refractivity contribution >= 4 is 23.0 Å². The number of ether oxygens (including phenoxy) is 1. The first-order valence-corrected chi connectivity index (χ1v) is 10.7. The van der Waals surface area contributed by atoms with Gasteiger partial charge in [0, 0.05) is 13.0 Å². The third-order valence-electron chi connectivity index (χ3n) is 4.88. The SMILES string of the molecule is CCOc1ccc([C@H]2C(C(=O)c3cccs3)=C(O)C(=O)N2CCC[NH+](C)C)cc1. The molecule has 0 spiro atoms. The van der Waals surface area contributed by atoms with E-state index in [1.165, 1.54) is 16.2 Å². The van der Waals surface area contributed by atoms with Crippen molar-refractivity contribution < 1.29 is 24.3 Å². The standard InChI is InChI=1S/C22H26N2O4S/c1-4-28-16-10-8-15(9-11-16)19-18(20(25)17-7-5-14-29-17)21(26)22(27)24(19)13-6-12-23(2)3/h5,7-11,14,19,26H,4,6,12-13H2,1-3H3/p+1/t19-/m0/s1. The van der Waals surface area contributed by atoms with Gasteiger partial charge in [-0.1, -0.05) is 18.2 Å². The fourth-order valence-corrected chi connectivity index (χ4v) is 4.20. The molecule has 1 aliphatic rings. The Labute approximate surface area is 175 Å². The maximum atomic E-state index is 13.1. The summed E-state index contributed by atoms with van der Waals surface area (Å²) >= 11 is 1.30. The summed E-state index contributed by atoms with van der Waals surface area (Å²) in [6, 6.07) is 10.3. The zero-order valence-corrected chi connectivity index (χ0v) is 17.8. The Morgan fingerprint density at radius 3 is 2.55 bits per heavy atom. The van der Waals surface area contributed by atoms with Crippen LogP contribution in [0, 0.1) is 0 Å². The number of hydrogen-bond donors (Lipinski definition) is 2. The minimum atomic E-state index is -0.607. The maximum Gasteiger partial charge on any atom is 0.290 e. The molecule has 0 fully saturated rings. The van der Waals surface area contributed by atoms with Crippen molar-refractivity contribution in [2.45, 2.75) is 19.4 Å². The number of Topliss-reactive ketones (excluding diaryl/α,β-unsaturated/α-hetero) is 1. The molecule has 0 saturated heterocycles. The Balaban J connectivity index is 1.97. The highest BCUT2D eigenvalue weighted by atomic mass is 32.1. The summed E-state index contributed by atoms with van der Waals surface area (Å²) in [5.74, 6) is -0.509. The molecule has 2 aromatic rings. The van der Waals surface area contributed by atoms with Gasteiger partial charge in [-0.3, -0.25) is 9.59 Å². The molecule has 0 aliphatic carbocycles. The van der Waals surface area contributed by atoms with Crippen LogP contribution in [0.5, 0.6) is 5.75 Å². The molecule has 7 heteroatoms. The first-order valence-electron chi connectivity index (χ1n) is 9.78. The van der Waals surface area contributed by atoms with E-state index in [1.807, 2.05) is 36.6 Å². The quantitative estimate of drug-likeness (QED) is 0.617. The van der Waals surface area contributed by atoms with Gasteiger partial charge in [0.15, 0.2) is 5.76 Å². The molecule has 0 unspecified atom stereocenters. The number of aliphatic hydroxyl groups excluding tert-OH is 1. The van der Waals surface area contributed by atoms with Crippen LogP contribution in [0.25, 0.3) is 0 Å². The van der Waals surface area contributed by atoms with Crippen molar-refractivity contribution in [3.63, 3.8) is 0 Å². The molecule has 0 radical (unpaired) electrons. The predicted molar refractivity (Wildman–Crippen MR) is 113 cm³/mol. The van der Waals surface area contributed by atoms with Crippen molar-refractivity contribution in [2.24, 2.45) is 0 Å². The molecule has 0 saturated carbocycles. The number of hydrogen-bond acceptors (Lipinski definition) is 5. The fourth-order valence-electron chi connectivity index (χ4n) is 3.52. The van der Waals surface area contributed by atoms with Gasteiger partial charge in [0.25, 0.3) is 5.91 Å². The van der Waals surface area contributed by atoms with E-state index >= 15 is 0 Å². The van der Waals surface area contributed by atoms with E-state index in [-0.39, 0.29) is 11.4 Å². The highest BCUT2D eigenvalue weighted by molar-refractivity contribution is 7.12. The van der Waals surface area contributed by atoms with Crippen LogP contribution in [0.1, 0.15) is 34.6 Å². The lowest BCUT2D eigenvalue weighted by molar-refractivity contribution is -0.858. The largest absolute Gasteiger partial charge is 0.503 e. The van der Waals surface area contributed by atoms with E-state index in [1.54, 1.807) is 17.0 Å². The molecule has 2 N–H and O–H groups in total. The molecular formula is C22H27N2O4S+. The van der Waals surface area contributed by atoms with Gasteiger partial charge in [-0.2, -0.15) is 0 Å². The van der Waals surface area contributed by atoms with Crippen LogP contribution in [0.2, 0.25) is 0 Å². The first-order chi connectivity index (χ1) is 13.9. The highest BCUT2D eigenvalue weighted by Crippen LogP contribution is 2.39. The van der Waals surface area contributed by atoms with Gasteiger partial charge in [0.05, 0.1) is 43.7 Å². The van der Waals surface area contributed by atoms with Gasteiger partial charge < -0.3 is 19.6 Å². The minimum Gasteiger partial charge on any atom is -0.503 e. The van der Waals surface area contributed by atoms with E-state index in [2.05, 4.69) is 14.1 Å². The van der Waals surface area contributed by atoms with Crippen molar-refractivity contribution in [1.29, 1.82) is 0 Å². The minimum absolute atomic E-state index is 0.152. The average Bonchev–Trinajstić information content (AvgIpc) is 3.31. The van der Waals surface area contributed by atoms with Gasteiger partial charge in [0.1, 0.15) is 5.75 Å². The maximum absolute atomic E-state index is 13.1. The van der Waals surface area contributed by atoms with E-state index in [9.17, 15) is 14.7 Å². The van der Waals surface area contributed by atoms with Gasteiger partial charge in [-0.15, -0.1) is 11.3 Å². The Morgan fingerprint density at radius 2 is 1.97 bits per heavy atom.